The molecule has 0 aliphatic carbocycles. The molecular weight excluding hydrogens is 268 g/mol. The molecule has 21 heavy (non-hydrogen) atoms. The molecule has 0 saturated heterocycles. The third-order valence-corrected chi connectivity index (χ3v) is 3.02. The van der Waals surface area contributed by atoms with Crippen LogP contribution in [0.15, 0.2) is 36.5 Å². The van der Waals surface area contributed by atoms with Gasteiger partial charge in [0.05, 0.1) is 24.1 Å². The number of para-hydroxylation sites is 1. The largest absolute Gasteiger partial charge is 0.397 e. The molecule has 2 aromatic rings. The molecule has 0 aliphatic rings. The lowest BCUT2D eigenvalue weighted by Crippen LogP contribution is -2.15. The van der Waals surface area contributed by atoms with Gasteiger partial charge >= 0.3 is 0 Å². The number of nitrogens with two attached hydrogens (primary N) is 2. The van der Waals surface area contributed by atoms with Gasteiger partial charge in [-0.1, -0.05) is 18.2 Å². The van der Waals surface area contributed by atoms with E-state index in [1.807, 2.05) is 24.3 Å². The number of carbonyl (C=O) groups is 1. The van der Waals surface area contributed by atoms with Crippen LogP contribution in [0.5, 0.6) is 0 Å². The van der Waals surface area contributed by atoms with Crippen molar-refractivity contribution in [2.45, 2.75) is 6.42 Å². The van der Waals surface area contributed by atoms with Gasteiger partial charge in [-0.3, -0.25) is 4.79 Å². The Morgan fingerprint density at radius 1 is 1.38 bits per heavy atom. The van der Waals surface area contributed by atoms with E-state index in [2.05, 4.69) is 10.3 Å². The monoisotopic (exact) mass is 286 g/mol. The second-order valence-electron chi connectivity index (χ2n) is 4.55. The molecule has 0 atom stereocenters. The Hall–Kier alpha value is -2.60. The van der Waals surface area contributed by atoms with Crippen molar-refractivity contribution in [1.82, 2.24) is 4.98 Å². The molecular formula is C15H18N4O2. The van der Waals surface area contributed by atoms with Gasteiger partial charge in [0.15, 0.2) is 0 Å². The minimum absolute atomic E-state index is 0.261. The number of aromatic nitrogens is 1. The Kier molecular flexibility index (Phi) is 4.73. The first-order valence-corrected chi connectivity index (χ1v) is 6.51. The van der Waals surface area contributed by atoms with Crippen molar-refractivity contribution >= 4 is 23.1 Å². The highest BCUT2D eigenvalue weighted by Crippen LogP contribution is 2.23. The SMILES string of the molecule is COCCc1ccccc1Nc1ncc(N)cc1C(N)=O. The minimum atomic E-state index is -0.577. The second-order valence-corrected chi connectivity index (χ2v) is 4.55. The molecule has 1 aromatic carbocycles. The van der Waals surface area contributed by atoms with E-state index in [4.69, 9.17) is 16.2 Å². The summed E-state index contributed by atoms with van der Waals surface area (Å²) in [6.07, 6.45) is 2.23. The number of nitrogen functional groups attached to an aromatic ring is 1. The number of rotatable bonds is 6. The Morgan fingerprint density at radius 3 is 2.86 bits per heavy atom. The van der Waals surface area contributed by atoms with Crippen LogP contribution in [0.25, 0.3) is 0 Å². The van der Waals surface area contributed by atoms with Crippen molar-refractivity contribution in [3.8, 4) is 0 Å². The molecule has 0 unspecified atom stereocenters. The van der Waals surface area contributed by atoms with Crippen LogP contribution in [0.2, 0.25) is 0 Å². The van der Waals surface area contributed by atoms with Gasteiger partial charge in [-0.25, -0.2) is 4.98 Å². The fourth-order valence-electron chi connectivity index (χ4n) is 1.97. The van der Waals surface area contributed by atoms with Crippen LogP contribution in [-0.4, -0.2) is 24.6 Å². The summed E-state index contributed by atoms with van der Waals surface area (Å²) in [6, 6.07) is 9.26. The van der Waals surface area contributed by atoms with Crippen LogP contribution in [-0.2, 0) is 11.2 Å². The average molecular weight is 286 g/mol. The van der Waals surface area contributed by atoms with E-state index < -0.39 is 5.91 Å². The van der Waals surface area contributed by atoms with Gasteiger partial charge < -0.3 is 21.5 Å². The van der Waals surface area contributed by atoms with Gasteiger partial charge in [0.1, 0.15) is 5.82 Å². The van der Waals surface area contributed by atoms with Crippen molar-refractivity contribution in [3.05, 3.63) is 47.7 Å². The molecule has 1 amide bonds. The van der Waals surface area contributed by atoms with Gasteiger partial charge in [-0.15, -0.1) is 0 Å². The second kappa shape index (κ2) is 6.71. The number of carbonyl (C=O) groups excluding carboxylic acids is 1. The van der Waals surface area contributed by atoms with E-state index in [1.54, 1.807) is 7.11 Å². The molecule has 5 N–H and O–H groups in total. The van der Waals surface area contributed by atoms with Gasteiger partial charge in [0, 0.05) is 12.8 Å². The fraction of sp³-hybridized carbons (Fsp3) is 0.200. The number of nitrogens with zero attached hydrogens (tertiary/aromatic N) is 1. The Bertz CT molecular complexity index is 643. The standard InChI is InChI=1S/C15H18N4O2/c1-21-7-6-10-4-2-3-5-13(10)19-15-12(14(17)20)8-11(16)9-18-15/h2-5,8-9H,6-7,16H2,1H3,(H2,17,20)(H,18,19). The molecule has 0 saturated carbocycles. The first kappa shape index (κ1) is 14.8. The zero-order valence-electron chi connectivity index (χ0n) is 11.8. The number of hydrogen-bond donors (Lipinski definition) is 3. The molecule has 6 heteroatoms. The van der Waals surface area contributed by atoms with Gasteiger partial charge in [-0.05, 0) is 24.1 Å². The van der Waals surface area contributed by atoms with Gasteiger partial charge in [0.2, 0.25) is 0 Å². The summed E-state index contributed by atoms with van der Waals surface area (Å²) < 4.78 is 5.09. The van der Waals surface area contributed by atoms with E-state index in [1.165, 1.54) is 12.3 Å². The number of amides is 1. The molecule has 2 rings (SSSR count). The number of ether oxygens (including phenoxy) is 1. The summed E-state index contributed by atoms with van der Waals surface area (Å²) in [6.45, 7) is 0.608. The third-order valence-electron chi connectivity index (χ3n) is 3.02. The summed E-state index contributed by atoms with van der Waals surface area (Å²) in [5, 5.41) is 3.14. The predicted molar refractivity (Wildman–Crippen MR) is 82.5 cm³/mol. The maximum Gasteiger partial charge on any atom is 0.252 e. The molecule has 0 spiro atoms. The van der Waals surface area contributed by atoms with Crippen molar-refractivity contribution in [2.75, 3.05) is 24.8 Å². The highest BCUT2D eigenvalue weighted by Gasteiger charge is 2.12. The Balaban J connectivity index is 2.32. The number of anilines is 3. The maximum absolute atomic E-state index is 11.5. The zero-order chi connectivity index (χ0) is 15.2. The van der Waals surface area contributed by atoms with E-state index >= 15 is 0 Å². The number of pyridine rings is 1. The van der Waals surface area contributed by atoms with Crippen LogP contribution in [0.3, 0.4) is 0 Å². The van der Waals surface area contributed by atoms with E-state index in [0.717, 1.165) is 17.7 Å². The van der Waals surface area contributed by atoms with Crippen LogP contribution in [0.1, 0.15) is 15.9 Å². The average Bonchev–Trinajstić information content (AvgIpc) is 2.48. The number of methoxy groups -OCH3 is 1. The summed E-state index contributed by atoms with van der Waals surface area (Å²) in [5.74, 6) is -0.187. The first-order valence-electron chi connectivity index (χ1n) is 6.51. The molecule has 1 aromatic heterocycles. The lowest BCUT2D eigenvalue weighted by Gasteiger charge is -2.13. The van der Waals surface area contributed by atoms with Crippen molar-refractivity contribution in [3.63, 3.8) is 0 Å². The number of hydrogen-bond acceptors (Lipinski definition) is 5. The number of primary amides is 1. The smallest absolute Gasteiger partial charge is 0.252 e. The fourth-order valence-corrected chi connectivity index (χ4v) is 1.97. The number of nitrogens with one attached hydrogen (secondary N) is 1. The van der Waals surface area contributed by atoms with Gasteiger partial charge in [-0.2, -0.15) is 0 Å². The topological polar surface area (TPSA) is 103 Å². The summed E-state index contributed by atoms with van der Waals surface area (Å²) in [7, 11) is 1.66. The summed E-state index contributed by atoms with van der Waals surface area (Å²) in [4.78, 5) is 15.6. The lowest BCUT2D eigenvalue weighted by atomic mass is 10.1. The molecule has 1 heterocycles. The van der Waals surface area contributed by atoms with E-state index in [0.29, 0.717) is 18.1 Å². The van der Waals surface area contributed by atoms with Gasteiger partial charge in [0.25, 0.3) is 5.91 Å². The van der Waals surface area contributed by atoms with Crippen molar-refractivity contribution in [1.29, 1.82) is 0 Å². The maximum atomic E-state index is 11.5. The van der Waals surface area contributed by atoms with Crippen molar-refractivity contribution in [2.24, 2.45) is 5.73 Å². The highest BCUT2D eigenvalue weighted by atomic mass is 16.5. The molecule has 0 aliphatic heterocycles. The predicted octanol–water partition coefficient (Wildman–Crippen LogP) is 1.70. The van der Waals surface area contributed by atoms with Crippen LogP contribution in [0.4, 0.5) is 17.2 Å². The lowest BCUT2D eigenvalue weighted by molar-refractivity contribution is 0.100. The van der Waals surface area contributed by atoms with Crippen molar-refractivity contribution < 1.29 is 9.53 Å². The van der Waals surface area contributed by atoms with Crippen LogP contribution < -0.4 is 16.8 Å². The quantitative estimate of drug-likeness (QED) is 0.750. The molecule has 110 valence electrons. The van der Waals surface area contributed by atoms with Crippen LogP contribution in [0, 0.1) is 0 Å². The highest BCUT2D eigenvalue weighted by molar-refractivity contribution is 5.99. The Labute approximate surface area is 123 Å². The Morgan fingerprint density at radius 2 is 2.14 bits per heavy atom. The van der Waals surface area contributed by atoms with E-state index in [9.17, 15) is 4.79 Å². The third kappa shape index (κ3) is 3.70. The molecule has 0 radical (unpaired) electrons. The first-order chi connectivity index (χ1) is 10.1. The molecule has 0 fully saturated rings. The molecule has 0 bridgehead atoms. The molecule has 6 nitrogen and oxygen atoms in total. The summed E-state index contributed by atoms with van der Waals surface area (Å²) in [5.41, 5.74) is 13.6. The minimum Gasteiger partial charge on any atom is -0.397 e. The summed E-state index contributed by atoms with van der Waals surface area (Å²) >= 11 is 0. The van der Waals surface area contributed by atoms with Crippen LogP contribution >= 0.6 is 0 Å². The van der Waals surface area contributed by atoms with E-state index in [-0.39, 0.29) is 5.56 Å². The normalized spacial score (nSPS) is 10.3. The number of benzene rings is 1. The zero-order valence-corrected chi connectivity index (χ0v) is 11.8.